The van der Waals surface area contributed by atoms with Crippen molar-refractivity contribution in [2.75, 3.05) is 5.32 Å². The van der Waals surface area contributed by atoms with E-state index in [9.17, 15) is 14.7 Å². The summed E-state index contributed by atoms with van der Waals surface area (Å²) < 4.78 is 0. The minimum Gasteiger partial charge on any atom is -0.392 e. The van der Waals surface area contributed by atoms with E-state index in [0.717, 1.165) is 5.56 Å². The van der Waals surface area contributed by atoms with Crippen molar-refractivity contribution in [2.24, 2.45) is 0 Å². The van der Waals surface area contributed by atoms with Gasteiger partial charge in [0, 0.05) is 11.3 Å². The van der Waals surface area contributed by atoms with Gasteiger partial charge >= 0.3 is 0 Å². The standard InChI is InChI=1S/C18H20N2O3/c1-12-8-9-14(11-21)10-16(12)20-17(22)13(2)19-18(23)15-6-4-3-5-7-15/h3-10,13,21H,11H2,1-2H3,(H,19,23)(H,20,22). The molecule has 5 heteroatoms. The Morgan fingerprint density at radius 2 is 1.83 bits per heavy atom. The fourth-order valence-electron chi connectivity index (χ4n) is 2.08. The molecule has 23 heavy (non-hydrogen) atoms. The monoisotopic (exact) mass is 312 g/mol. The van der Waals surface area contributed by atoms with Gasteiger partial charge in [-0.2, -0.15) is 0 Å². The summed E-state index contributed by atoms with van der Waals surface area (Å²) in [4.78, 5) is 24.3. The maximum Gasteiger partial charge on any atom is 0.251 e. The van der Waals surface area contributed by atoms with E-state index in [1.807, 2.05) is 19.1 Å². The van der Waals surface area contributed by atoms with Gasteiger partial charge in [-0.15, -0.1) is 0 Å². The Morgan fingerprint density at radius 1 is 1.13 bits per heavy atom. The number of aliphatic hydroxyl groups is 1. The van der Waals surface area contributed by atoms with Crippen LogP contribution in [-0.2, 0) is 11.4 Å². The summed E-state index contributed by atoms with van der Waals surface area (Å²) in [6.45, 7) is 3.40. The number of hydrogen-bond acceptors (Lipinski definition) is 3. The Bertz CT molecular complexity index is 699. The number of carbonyl (C=O) groups is 2. The number of rotatable bonds is 5. The lowest BCUT2D eigenvalue weighted by Crippen LogP contribution is -2.41. The summed E-state index contributed by atoms with van der Waals surface area (Å²) in [5.74, 6) is -0.610. The van der Waals surface area contributed by atoms with Crippen molar-refractivity contribution in [3.8, 4) is 0 Å². The molecule has 0 saturated heterocycles. The van der Waals surface area contributed by atoms with Gasteiger partial charge in [-0.05, 0) is 43.2 Å². The van der Waals surface area contributed by atoms with Gasteiger partial charge in [0.2, 0.25) is 5.91 Å². The highest BCUT2D eigenvalue weighted by Gasteiger charge is 2.17. The summed E-state index contributed by atoms with van der Waals surface area (Å²) in [7, 11) is 0. The van der Waals surface area contributed by atoms with Gasteiger partial charge in [0.25, 0.3) is 5.91 Å². The lowest BCUT2D eigenvalue weighted by Gasteiger charge is -2.16. The topological polar surface area (TPSA) is 78.4 Å². The van der Waals surface area contributed by atoms with E-state index in [1.165, 1.54) is 0 Å². The average molecular weight is 312 g/mol. The quantitative estimate of drug-likeness (QED) is 0.792. The maximum absolute atomic E-state index is 12.2. The van der Waals surface area contributed by atoms with Crippen LogP contribution in [0.2, 0.25) is 0 Å². The Morgan fingerprint density at radius 3 is 2.48 bits per heavy atom. The largest absolute Gasteiger partial charge is 0.392 e. The van der Waals surface area contributed by atoms with Crippen LogP contribution in [0.25, 0.3) is 0 Å². The first-order chi connectivity index (χ1) is 11.0. The summed E-state index contributed by atoms with van der Waals surface area (Å²) in [6.07, 6.45) is 0. The molecular weight excluding hydrogens is 292 g/mol. The van der Waals surface area contributed by atoms with Crippen molar-refractivity contribution in [1.82, 2.24) is 5.32 Å². The van der Waals surface area contributed by atoms with Crippen molar-refractivity contribution in [2.45, 2.75) is 26.5 Å². The third kappa shape index (κ3) is 4.40. The predicted molar refractivity (Wildman–Crippen MR) is 89.1 cm³/mol. The van der Waals surface area contributed by atoms with Gasteiger partial charge < -0.3 is 15.7 Å². The summed E-state index contributed by atoms with van der Waals surface area (Å²) in [6, 6.07) is 13.4. The predicted octanol–water partition coefficient (Wildman–Crippen LogP) is 2.24. The fourth-order valence-corrected chi connectivity index (χ4v) is 2.08. The molecule has 0 aromatic heterocycles. The summed E-state index contributed by atoms with van der Waals surface area (Å²) in [5, 5.41) is 14.6. The average Bonchev–Trinajstić information content (AvgIpc) is 2.57. The number of anilines is 1. The van der Waals surface area contributed by atoms with E-state index in [2.05, 4.69) is 10.6 Å². The molecule has 1 unspecified atom stereocenters. The molecule has 0 bridgehead atoms. The lowest BCUT2D eigenvalue weighted by molar-refractivity contribution is -0.117. The van der Waals surface area contributed by atoms with E-state index < -0.39 is 6.04 Å². The molecule has 3 N–H and O–H groups in total. The van der Waals surface area contributed by atoms with E-state index in [4.69, 9.17) is 0 Å². The van der Waals surface area contributed by atoms with Crippen molar-refractivity contribution in [3.05, 3.63) is 65.2 Å². The number of amides is 2. The molecule has 120 valence electrons. The van der Waals surface area contributed by atoms with E-state index in [0.29, 0.717) is 16.8 Å². The Kier molecular flexibility index (Phi) is 5.49. The van der Waals surface area contributed by atoms with Crippen LogP contribution in [0, 0.1) is 6.92 Å². The number of carbonyl (C=O) groups excluding carboxylic acids is 2. The SMILES string of the molecule is Cc1ccc(CO)cc1NC(=O)C(C)NC(=O)c1ccccc1. The van der Waals surface area contributed by atoms with E-state index in [-0.39, 0.29) is 18.4 Å². The fraction of sp³-hybridized carbons (Fsp3) is 0.222. The molecule has 2 amide bonds. The summed E-state index contributed by atoms with van der Waals surface area (Å²) in [5.41, 5.74) is 2.73. The molecule has 0 fully saturated rings. The van der Waals surface area contributed by atoms with E-state index in [1.54, 1.807) is 43.3 Å². The highest BCUT2D eigenvalue weighted by Crippen LogP contribution is 2.17. The van der Waals surface area contributed by atoms with Gasteiger partial charge in [0.05, 0.1) is 6.61 Å². The molecule has 0 saturated carbocycles. The molecule has 0 radical (unpaired) electrons. The first-order valence-electron chi connectivity index (χ1n) is 7.38. The minimum atomic E-state index is -0.681. The third-order valence-electron chi connectivity index (χ3n) is 3.52. The Labute approximate surface area is 135 Å². The van der Waals surface area contributed by atoms with Gasteiger partial charge in [0.15, 0.2) is 0 Å². The van der Waals surface area contributed by atoms with Crippen LogP contribution >= 0.6 is 0 Å². The molecular formula is C18H20N2O3. The van der Waals surface area contributed by atoms with Crippen LogP contribution in [0.1, 0.15) is 28.4 Å². The normalized spacial score (nSPS) is 11.6. The van der Waals surface area contributed by atoms with Gasteiger partial charge in [0.1, 0.15) is 6.04 Å². The Balaban J connectivity index is 2.02. The molecule has 2 aromatic carbocycles. The second-order valence-electron chi connectivity index (χ2n) is 5.36. The van der Waals surface area contributed by atoms with Gasteiger partial charge in [-0.25, -0.2) is 0 Å². The maximum atomic E-state index is 12.2. The molecule has 0 spiro atoms. The van der Waals surface area contributed by atoms with Crippen LogP contribution < -0.4 is 10.6 Å². The van der Waals surface area contributed by atoms with Crippen molar-refractivity contribution < 1.29 is 14.7 Å². The zero-order chi connectivity index (χ0) is 16.8. The van der Waals surface area contributed by atoms with Crippen LogP contribution in [-0.4, -0.2) is 23.0 Å². The number of benzene rings is 2. The van der Waals surface area contributed by atoms with Crippen molar-refractivity contribution >= 4 is 17.5 Å². The smallest absolute Gasteiger partial charge is 0.251 e. The van der Waals surface area contributed by atoms with Gasteiger partial charge in [-0.3, -0.25) is 9.59 Å². The van der Waals surface area contributed by atoms with Crippen molar-refractivity contribution in [3.63, 3.8) is 0 Å². The second kappa shape index (κ2) is 7.56. The molecule has 2 aromatic rings. The van der Waals surface area contributed by atoms with E-state index >= 15 is 0 Å². The highest BCUT2D eigenvalue weighted by molar-refractivity contribution is 6.01. The zero-order valence-corrected chi connectivity index (χ0v) is 13.2. The minimum absolute atomic E-state index is 0.0938. The summed E-state index contributed by atoms with van der Waals surface area (Å²) >= 11 is 0. The Hall–Kier alpha value is -2.66. The van der Waals surface area contributed by atoms with Gasteiger partial charge in [-0.1, -0.05) is 30.3 Å². The zero-order valence-electron chi connectivity index (χ0n) is 13.2. The third-order valence-corrected chi connectivity index (χ3v) is 3.52. The molecule has 0 aliphatic carbocycles. The lowest BCUT2D eigenvalue weighted by atomic mass is 10.1. The molecule has 0 aliphatic rings. The van der Waals surface area contributed by atoms with Crippen LogP contribution in [0.15, 0.2) is 48.5 Å². The molecule has 0 aliphatic heterocycles. The first-order valence-corrected chi connectivity index (χ1v) is 7.38. The highest BCUT2D eigenvalue weighted by atomic mass is 16.3. The number of aryl methyl sites for hydroxylation is 1. The van der Waals surface area contributed by atoms with Crippen LogP contribution in [0.3, 0.4) is 0 Å². The first kappa shape index (κ1) is 16.7. The van der Waals surface area contributed by atoms with Crippen LogP contribution in [0.5, 0.6) is 0 Å². The number of nitrogens with one attached hydrogen (secondary N) is 2. The van der Waals surface area contributed by atoms with Crippen molar-refractivity contribution in [1.29, 1.82) is 0 Å². The van der Waals surface area contributed by atoms with Crippen LogP contribution in [0.4, 0.5) is 5.69 Å². The molecule has 2 rings (SSSR count). The molecule has 5 nitrogen and oxygen atoms in total. The number of aliphatic hydroxyl groups excluding tert-OH is 1. The second-order valence-corrected chi connectivity index (χ2v) is 5.36. The molecule has 1 atom stereocenters. The molecule has 0 heterocycles. The number of hydrogen-bond donors (Lipinski definition) is 3.